The molecule has 0 saturated carbocycles. The lowest BCUT2D eigenvalue weighted by molar-refractivity contribution is 0.182. The van der Waals surface area contributed by atoms with E-state index in [1.807, 2.05) is 24.3 Å². The average Bonchev–Trinajstić information content (AvgIpc) is 2.48. The highest BCUT2D eigenvalue weighted by Gasteiger charge is 2.06. The fraction of sp³-hybridized carbons (Fsp3) is 0.200. The zero-order valence-electron chi connectivity index (χ0n) is 10.9. The second-order valence-corrected chi connectivity index (χ2v) is 3.93. The van der Waals surface area contributed by atoms with Crippen molar-refractivity contribution in [3.63, 3.8) is 0 Å². The molecule has 0 bridgehead atoms. The van der Waals surface area contributed by atoms with Crippen molar-refractivity contribution in [3.05, 3.63) is 42.5 Å². The van der Waals surface area contributed by atoms with Crippen molar-refractivity contribution < 1.29 is 23.0 Å². The molecule has 2 aromatic rings. The third-order valence-electron chi connectivity index (χ3n) is 2.73. The molecule has 2 rings (SSSR count). The second kappa shape index (κ2) is 6.75. The highest BCUT2D eigenvalue weighted by atomic mass is 19.1. The van der Waals surface area contributed by atoms with E-state index < -0.39 is 13.7 Å². The minimum atomic E-state index is -0.962. The summed E-state index contributed by atoms with van der Waals surface area (Å²) in [7, 11) is 1.57. The lowest BCUT2D eigenvalue weighted by Gasteiger charge is -2.10. The van der Waals surface area contributed by atoms with Gasteiger partial charge in [0.1, 0.15) is 17.2 Å². The molecule has 0 saturated heterocycles. The standard InChI is InChI=1S/C15H14F2O3/c1-18-13-4-2-3-11(5-13)12-6-14(19-9-16)8-15(7-12)20-10-17/h2-8H,9-10H2,1H3. The Labute approximate surface area is 115 Å². The van der Waals surface area contributed by atoms with Gasteiger partial charge in [-0.1, -0.05) is 12.1 Å². The predicted molar refractivity (Wildman–Crippen MR) is 71.6 cm³/mol. The Morgan fingerprint density at radius 3 is 1.95 bits per heavy atom. The highest BCUT2D eigenvalue weighted by molar-refractivity contribution is 5.68. The second-order valence-electron chi connectivity index (χ2n) is 3.93. The van der Waals surface area contributed by atoms with E-state index in [0.29, 0.717) is 5.75 Å². The van der Waals surface area contributed by atoms with Gasteiger partial charge in [0.25, 0.3) is 0 Å². The third kappa shape index (κ3) is 3.38. The first-order valence-electron chi connectivity index (χ1n) is 5.94. The topological polar surface area (TPSA) is 27.7 Å². The zero-order chi connectivity index (χ0) is 14.4. The van der Waals surface area contributed by atoms with Gasteiger partial charge in [0.05, 0.1) is 7.11 Å². The van der Waals surface area contributed by atoms with Gasteiger partial charge in [-0.2, -0.15) is 0 Å². The van der Waals surface area contributed by atoms with Crippen LogP contribution in [0.1, 0.15) is 0 Å². The molecule has 0 N–H and O–H groups in total. The first kappa shape index (κ1) is 14.1. The van der Waals surface area contributed by atoms with E-state index in [-0.39, 0.29) is 11.5 Å². The van der Waals surface area contributed by atoms with Crippen molar-refractivity contribution in [1.29, 1.82) is 0 Å². The molecule has 0 radical (unpaired) electrons. The molecule has 0 unspecified atom stereocenters. The van der Waals surface area contributed by atoms with Gasteiger partial charge in [-0.05, 0) is 35.4 Å². The van der Waals surface area contributed by atoms with Gasteiger partial charge in [0.15, 0.2) is 0 Å². The number of methoxy groups -OCH3 is 1. The number of ether oxygens (including phenoxy) is 3. The highest BCUT2D eigenvalue weighted by Crippen LogP contribution is 2.31. The zero-order valence-corrected chi connectivity index (χ0v) is 10.9. The van der Waals surface area contributed by atoms with E-state index in [2.05, 4.69) is 0 Å². The number of rotatable bonds is 6. The summed E-state index contributed by atoms with van der Waals surface area (Å²) < 4.78 is 39.4. The largest absolute Gasteiger partial charge is 0.497 e. The van der Waals surface area contributed by atoms with Gasteiger partial charge in [0.2, 0.25) is 13.7 Å². The molecule has 2 aromatic carbocycles. The number of halogens is 2. The maximum atomic E-state index is 12.3. The van der Waals surface area contributed by atoms with E-state index in [1.165, 1.54) is 6.07 Å². The number of hydrogen-bond acceptors (Lipinski definition) is 3. The minimum Gasteiger partial charge on any atom is -0.497 e. The number of hydrogen-bond donors (Lipinski definition) is 0. The summed E-state index contributed by atoms with van der Waals surface area (Å²) in [4.78, 5) is 0. The van der Waals surface area contributed by atoms with Gasteiger partial charge in [-0.15, -0.1) is 0 Å². The fourth-order valence-corrected chi connectivity index (χ4v) is 1.83. The molecule has 5 heteroatoms. The SMILES string of the molecule is COc1cccc(-c2cc(OCF)cc(OCF)c2)c1. The van der Waals surface area contributed by atoms with Crippen LogP contribution >= 0.6 is 0 Å². The average molecular weight is 280 g/mol. The number of benzene rings is 2. The maximum absolute atomic E-state index is 12.3. The Morgan fingerprint density at radius 1 is 0.800 bits per heavy atom. The lowest BCUT2D eigenvalue weighted by atomic mass is 10.0. The summed E-state index contributed by atoms with van der Waals surface area (Å²) >= 11 is 0. The van der Waals surface area contributed by atoms with Crippen molar-refractivity contribution in [3.8, 4) is 28.4 Å². The van der Waals surface area contributed by atoms with Crippen LogP contribution in [0.4, 0.5) is 8.78 Å². The van der Waals surface area contributed by atoms with Crippen molar-refractivity contribution >= 4 is 0 Å². The van der Waals surface area contributed by atoms with Crippen molar-refractivity contribution in [2.75, 3.05) is 20.8 Å². The Morgan fingerprint density at radius 2 is 1.40 bits per heavy atom. The van der Waals surface area contributed by atoms with E-state index in [1.54, 1.807) is 19.2 Å². The van der Waals surface area contributed by atoms with Crippen molar-refractivity contribution in [2.45, 2.75) is 0 Å². The molecule has 0 aromatic heterocycles. The summed E-state index contributed by atoms with van der Waals surface area (Å²) in [5.74, 6) is 1.24. The molecule has 3 nitrogen and oxygen atoms in total. The summed E-state index contributed by atoms with van der Waals surface area (Å²) in [6.07, 6.45) is 0. The molecule has 0 atom stereocenters. The quantitative estimate of drug-likeness (QED) is 0.801. The minimum absolute atomic E-state index is 0.274. The maximum Gasteiger partial charge on any atom is 0.228 e. The molecule has 0 aliphatic rings. The van der Waals surface area contributed by atoms with E-state index in [0.717, 1.165) is 11.1 Å². The van der Waals surface area contributed by atoms with Crippen LogP contribution in [0.15, 0.2) is 42.5 Å². The Hall–Kier alpha value is -2.30. The first-order chi connectivity index (χ1) is 9.76. The van der Waals surface area contributed by atoms with Crippen LogP contribution in [0.2, 0.25) is 0 Å². The first-order valence-corrected chi connectivity index (χ1v) is 5.94. The van der Waals surface area contributed by atoms with Crippen molar-refractivity contribution in [1.82, 2.24) is 0 Å². The van der Waals surface area contributed by atoms with Gasteiger partial charge < -0.3 is 14.2 Å². The van der Waals surface area contributed by atoms with Gasteiger partial charge >= 0.3 is 0 Å². The van der Waals surface area contributed by atoms with Crippen LogP contribution in [-0.4, -0.2) is 20.8 Å². The molecule has 0 heterocycles. The Bertz CT molecular complexity index is 549. The smallest absolute Gasteiger partial charge is 0.228 e. The summed E-state index contributed by atoms with van der Waals surface area (Å²) in [5.41, 5.74) is 1.55. The van der Waals surface area contributed by atoms with Crippen LogP contribution in [0, 0.1) is 0 Å². The summed E-state index contributed by atoms with van der Waals surface area (Å²) in [6.45, 7) is -1.92. The monoisotopic (exact) mass is 280 g/mol. The van der Waals surface area contributed by atoms with Crippen LogP contribution in [0.25, 0.3) is 11.1 Å². The lowest BCUT2D eigenvalue weighted by Crippen LogP contribution is -1.95. The van der Waals surface area contributed by atoms with Crippen LogP contribution < -0.4 is 14.2 Å². The van der Waals surface area contributed by atoms with Crippen molar-refractivity contribution in [2.24, 2.45) is 0 Å². The van der Waals surface area contributed by atoms with E-state index in [9.17, 15) is 8.78 Å². The van der Waals surface area contributed by atoms with E-state index in [4.69, 9.17) is 14.2 Å². The molecule has 106 valence electrons. The van der Waals surface area contributed by atoms with Gasteiger partial charge in [0, 0.05) is 6.07 Å². The normalized spacial score (nSPS) is 10.2. The van der Waals surface area contributed by atoms with E-state index >= 15 is 0 Å². The summed E-state index contributed by atoms with van der Waals surface area (Å²) in [5, 5.41) is 0. The fourth-order valence-electron chi connectivity index (χ4n) is 1.83. The molecule has 20 heavy (non-hydrogen) atoms. The molecule has 0 aliphatic heterocycles. The molecule has 0 aliphatic carbocycles. The van der Waals surface area contributed by atoms with Crippen LogP contribution in [-0.2, 0) is 0 Å². The third-order valence-corrected chi connectivity index (χ3v) is 2.73. The van der Waals surface area contributed by atoms with Crippen LogP contribution in [0.3, 0.4) is 0 Å². The Balaban J connectivity index is 2.42. The molecule has 0 amide bonds. The number of alkyl halides is 2. The molecule has 0 spiro atoms. The molecular formula is C15H14F2O3. The van der Waals surface area contributed by atoms with Gasteiger partial charge in [-0.3, -0.25) is 0 Å². The van der Waals surface area contributed by atoms with Crippen LogP contribution in [0.5, 0.6) is 17.2 Å². The predicted octanol–water partition coefficient (Wildman–Crippen LogP) is 3.97. The van der Waals surface area contributed by atoms with Gasteiger partial charge in [-0.25, -0.2) is 8.78 Å². The molecule has 0 fully saturated rings. The molecular weight excluding hydrogens is 266 g/mol. The Kier molecular flexibility index (Phi) is 4.76. The summed E-state index contributed by atoms with van der Waals surface area (Å²) in [6, 6.07) is 12.0.